The molecular formula is C12H13F3N2O3. The first-order valence-electron chi connectivity index (χ1n) is 5.58. The number of rotatable bonds is 4. The van der Waals surface area contributed by atoms with Gasteiger partial charge in [-0.25, -0.2) is 4.79 Å². The van der Waals surface area contributed by atoms with E-state index in [-0.39, 0.29) is 5.56 Å². The van der Waals surface area contributed by atoms with Gasteiger partial charge in [0.05, 0.1) is 6.54 Å². The predicted molar refractivity (Wildman–Crippen MR) is 64.0 cm³/mol. The predicted octanol–water partition coefficient (Wildman–Crippen LogP) is 1.75. The monoisotopic (exact) mass is 290 g/mol. The van der Waals surface area contributed by atoms with Crippen LogP contribution in [0.2, 0.25) is 0 Å². The van der Waals surface area contributed by atoms with Gasteiger partial charge in [-0.1, -0.05) is 17.7 Å². The molecule has 0 unspecified atom stereocenters. The van der Waals surface area contributed by atoms with Gasteiger partial charge in [-0.3, -0.25) is 4.79 Å². The van der Waals surface area contributed by atoms with E-state index < -0.39 is 30.8 Å². The molecule has 8 heteroatoms. The summed E-state index contributed by atoms with van der Waals surface area (Å²) in [6, 6.07) is 6.25. The maximum atomic E-state index is 12.5. The zero-order chi connectivity index (χ0) is 15.3. The lowest BCUT2D eigenvalue weighted by Gasteiger charge is -2.19. The summed E-state index contributed by atoms with van der Waals surface area (Å²) in [4.78, 5) is 22.0. The maximum Gasteiger partial charge on any atom is 0.427 e. The lowest BCUT2D eigenvalue weighted by atomic mass is 10.1. The van der Waals surface area contributed by atoms with Crippen molar-refractivity contribution in [3.8, 4) is 0 Å². The Labute approximate surface area is 112 Å². The molecule has 0 heterocycles. The van der Waals surface area contributed by atoms with Crippen molar-refractivity contribution in [2.45, 2.75) is 19.2 Å². The summed E-state index contributed by atoms with van der Waals surface area (Å²) in [7, 11) is 0. The second-order valence-electron chi connectivity index (χ2n) is 4.04. The van der Waals surface area contributed by atoms with Crippen molar-refractivity contribution in [1.29, 1.82) is 0 Å². The number of nitrogens with two attached hydrogens (primary N) is 1. The standard InChI is InChI=1S/C12H13F3N2O3/c1-7-2-4-8(5-3-7)10(18)17-6-9(12(13,14)15)20-11(16)19/h2-5,9H,6H2,1H3,(H2,16,19)(H,17,18)/t9-/m1/s1. The van der Waals surface area contributed by atoms with Crippen molar-refractivity contribution in [2.75, 3.05) is 6.54 Å². The highest BCUT2D eigenvalue weighted by atomic mass is 19.4. The van der Waals surface area contributed by atoms with Crippen LogP contribution in [-0.2, 0) is 4.74 Å². The number of benzene rings is 1. The third kappa shape index (κ3) is 4.79. The van der Waals surface area contributed by atoms with Crippen LogP contribution in [0.3, 0.4) is 0 Å². The van der Waals surface area contributed by atoms with Crippen molar-refractivity contribution in [2.24, 2.45) is 5.73 Å². The molecule has 20 heavy (non-hydrogen) atoms. The Hall–Kier alpha value is -2.25. The van der Waals surface area contributed by atoms with E-state index in [1.807, 2.05) is 12.2 Å². The Morgan fingerprint density at radius 3 is 2.30 bits per heavy atom. The van der Waals surface area contributed by atoms with Gasteiger partial charge in [-0.05, 0) is 19.1 Å². The van der Waals surface area contributed by atoms with Gasteiger partial charge in [0.15, 0.2) is 0 Å². The van der Waals surface area contributed by atoms with Gasteiger partial charge >= 0.3 is 12.3 Å². The van der Waals surface area contributed by atoms with Gasteiger partial charge in [0.25, 0.3) is 5.91 Å². The molecule has 2 amide bonds. The third-order valence-corrected chi connectivity index (χ3v) is 2.39. The number of primary amides is 1. The molecule has 0 spiro atoms. The van der Waals surface area contributed by atoms with E-state index >= 15 is 0 Å². The first kappa shape index (κ1) is 15.8. The zero-order valence-electron chi connectivity index (χ0n) is 10.5. The fourth-order valence-corrected chi connectivity index (χ4v) is 1.36. The maximum absolute atomic E-state index is 12.5. The average molecular weight is 290 g/mol. The Balaban J connectivity index is 2.65. The molecule has 0 aliphatic rings. The van der Waals surface area contributed by atoms with E-state index in [0.29, 0.717) is 0 Å². The molecule has 0 fully saturated rings. The largest absolute Gasteiger partial charge is 0.435 e. The lowest BCUT2D eigenvalue weighted by Crippen LogP contribution is -2.44. The molecule has 1 aromatic carbocycles. The summed E-state index contributed by atoms with van der Waals surface area (Å²) >= 11 is 0. The number of ether oxygens (including phenoxy) is 1. The number of hydrogen-bond donors (Lipinski definition) is 2. The number of halogens is 3. The van der Waals surface area contributed by atoms with Crippen LogP contribution < -0.4 is 11.1 Å². The van der Waals surface area contributed by atoms with Gasteiger partial charge < -0.3 is 15.8 Å². The fraction of sp³-hybridized carbons (Fsp3) is 0.333. The summed E-state index contributed by atoms with van der Waals surface area (Å²) in [6.45, 7) is 0.904. The summed E-state index contributed by atoms with van der Waals surface area (Å²) < 4.78 is 41.4. The van der Waals surface area contributed by atoms with Crippen molar-refractivity contribution in [1.82, 2.24) is 5.32 Å². The highest BCUT2D eigenvalue weighted by Crippen LogP contribution is 2.22. The van der Waals surface area contributed by atoms with Gasteiger partial charge in [0.1, 0.15) is 0 Å². The van der Waals surface area contributed by atoms with Crippen molar-refractivity contribution >= 4 is 12.0 Å². The van der Waals surface area contributed by atoms with E-state index in [9.17, 15) is 22.8 Å². The summed E-state index contributed by atoms with van der Waals surface area (Å²) in [5, 5.41) is 2.04. The third-order valence-electron chi connectivity index (χ3n) is 2.39. The first-order valence-corrected chi connectivity index (χ1v) is 5.58. The molecule has 1 atom stereocenters. The highest BCUT2D eigenvalue weighted by molar-refractivity contribution is 5.94. The lowest BCUT2D eigenvalue weighted by molar-refractivity contribution is -0.200. The molecule has 5 nitrogen and oxygen atoms in total. The van der Waals surface area contributed by atoms with E-state index in [0.717, 1.165) is 5.56 Å². The number of amides is 2. The van der Waals surface area contributed by atoms with Gasteiger partial charge in [0.2, 0.25) is 6.10 Å². The molecule has 0 saturated carbocycles. The number of alkyl halides is 3. The number of hydrogen-bond acceptors (Lipinski definition) is 3. The molecule has 3 N–H and O–H groups in total. The van der Waals surface area contributed by atoms with Crippen LogP contribution in [0.1, 0.15) is 15.9 Å². The van der Waals surface area contributed by atoms with Crippen LogP contribution in [0.25, 0.3) is 0 Å². The quantitative estimate of drug-likeness (QED) is 0.886. The highest BCUT2D eigenvalue weighted by Gasteiger charge is 2.42. The van der Waals surface area contributed by atoms with Crippen LogP contribution in [0.5, 0.6) is 0 Å². The molecule has 0 aromatic heterocycles. The van der Waals surface area contributed by atoms with E-state index in [2.05, 4.69) is 10.5 Å². The molecule has 1 aromatic rings. The second-order valence-corrected chi connectivity index (χ2v) is 4.04. The zero-order valence-corrected chi connectivity index (χ0v) is 10.5. The molecule has 0 aliphatic carbocycles. The molecule has 0 bridgehead atoms. The smallest absolute Gasteiger partial charge is 0.427 e. The Kier molecular flexibility index (Phi) is 4.95. The number of carbonyl (C=O) groups excluding carboxylic acids is 2. The minimum Gasteiger partial charge on any atom is -0.435 e. The number of carbonyl (C=O) groups is 2. The minimum absolute atomic E-state index is 0.204. The van der Waals surface area contributed by atoms with Gasteiger partial charge in [0, 0.05) is 5.56 Å². The van der Waals surface area contributed by atoms with Crippen molar-refractivity contribution in [3.63, 3.8) is 0 Å². The molecule has 110 valence electrons. The first-order chi connectivity index (χ1) is 9.20. The van der Waals surface area contributed by atoms with Crippen LogP contribution in [0.4, 0.5) is 18.0 Å². The Bertz CT molecular complexity index is 486. The average Bonchev–Trinajstić information content (AvgIpc) is 2.33. The van der Waals surface area contributed by atoms with E-state index in [1.54, 1.807) is 12.1 Å². The molecule has 0 saturated heterocycles. The Morgan fingerprint density at radius 2 is 1.85 bits per heavy atom. The summed E-state index contributed by atoms with van der Waals surface area (Å²) in [5.41, 5.74) is 5.66. The minimum atomic E-state index is -4.81. The van der Waals surface area contributed by atoms with Crippen molar-refractivity contribution < 1.29 is 27.5 Å². The molecular weight excluding hydrogens is 277 g/mol. The van der Waals surface area contributed by atoms with Crippen LogP contribution in [0, 0.1) is 6.92 Å². The van der Waals surface area contributed by atoms with Crippen molar-refractivity contribution in [3.05, 3.63) is 35.4 Å². The number of nitrogens with one attached hydrogen (secondary N) is 1. The Morgan fingerprint density at radius 1 is 1.30 bits per heavy atom. The second kappa shape index (κ2) is 6.27. The normalized spacial score (nSPS) is 12.6. The molecule has 1 rings (SSSR count). The van der Waals surface area contributed by atoms with Gasteiger partial charge in [-0.15, -0.1) is 0 Å². The van der Waals surface area contributed by atoms with Crippen LogP contribution in [0.15, 0.2) is 24.3 Å². The summed E-state index contributed by atoms with van der Waals surface area (Å²) in [6.07, 6.45) is -8.85. The van der Waals surface area contributed by atoms with Gasteiger partial charge in [-0.2, -0.15) is 13.2 Å². The van der Waals surface area contributed by atoms with E-state index in [4.69, 9.17) is 0 Å². The SMILES string of the molecule is Cc1ccc(C(=O)NC[C@@H](OC(N)=O)C(F)(F)F)cc1. The fourth-order valence-electron chi connectivity index (χ4n) is 1.36. The van der Waals surface area contributed by atoms with Crippen LogP contribution in [-0.4, -0.2) is 30.8 Å². The molecule has 0 aliphatic heterocycles. The van der Waals surface area contributed by atoms with Crippen LogP contribution >= 0.6 is 0 Å². The topological polar surface area (TPSA) is 81.4 Å². The molecule has 0 radical (unpaired) electrons. The summed E-state index contributed by atoms with van der Waals surface area (Å²) in [5.74, 6) is -0.702. The number of aryl methyl sites for hydroxylation is 1. The van der Waals surface area contributed by atoms with E-state index in [1.165, 1.54) is 12.1 Å².